The van der Waals surface area contributed by atoms with Gasteiger partial charge in [-0.15, -0.1) is 0 Å². The van der Waals surface area contributed by atoms with Crippen LogP contribution in [0.25, 0.3) is 0 Å². The monoisotopic (exact) mass is 639 g/mol. The van der Waals surface area contributed by atoms with Crippen LogP contribution in [0.5, 0.6) is 0 Å². The lowest BCUT2D eigenvalue weighted by atomic mass is 10.0. The zero-order valence-electron chi connectivity index (χ0n) is 30.6. The summed E-state index contributed by atoms with van der Waals surface area (Å²) in [6.45, 7) is 6.67. The molecule has 5 nitrogen and oxygen atoms in total. The highest BCUT2D eigenvalue weighted by atomic mass is 16.6. The van der Waals surface area contributed by atoms with E-state index in [1.54, 1.807) is 0 Å². The largest absolute Gasteiger partial charge is 0.463 e. The third kappa shape index (κ3) is 37.2. The summed E-state index contributed by atoms with van der Waals surface area (Å²) < 4.78 is 10.3. The maximum absolute atomic E-state index is 12.0. The lowest BCUT2D eigenvalue weighted by Crippen LogP contribution is -2.25. The number of unbranched alkanes of at least 4 members (excludes halogenated alkanes) is 26. The molecule has 45 heavy (non-hydrogen) atoms. The molecule has 1 N–H and O–H groups in total. The predicted molar refractivity (Wildman–Crippen MR) is 192 cm³/mol. The molecule has 0 aromatic heterocycles. The fourth-order valence-electron chi connectivity index (χ4n) is 5.98. The van der Waals surface area contributed by atoms with Gasteiger partial charge >= 0.3 is 11.9 Å². The van der Waals surface area contributed by atoms with Crippen LogP contribution in [0.3, 0.4) is 0 Å². The molecule has 0 saturated carbocycles. The van der Waals surface area contributed by atoms with Crippen molar-refractivity contribution in [1.82, 2.24) is 0 Å². The summed E-state index contributed by atoms with van der Waals surface area (Å²) in [6, 6.07) is 0. The zero-order valence-corrected chi connectivity index (χ0v) is 30.6. The van der Waals surface area contributed by atoms with E-state index in [1.807, 2.05) is 0 Å². The molecular formula is C40H78O5. The first kappa shape index (κ1) is 43.9. The summed E-state index contributed by atoms with van der Waals surface area (Å²) in [4.78, 5) is 23.9. The van der Waals surface area contributed by atoms with Gasteiger partial charge in [0.1, 0.15) is 19.3 Å². The molecule has 0 heterocycles. The van der Waals surface area contributed by atoms with Crippen LogP contribution < -0.4 is 0 Å². The fraction of sp³-hybridized carbons (Fsp3) is 0.950. The van der Waals surface area contributed by atoms with E-state index in [4.69, 9.17) is 9.47 Å². The predicted octanol–water partition coefficient (Wildman–Crippen LogP) is 12.2. The van der Waals surface area contributed by atoms with Gasteiger partial charge in [0.25, 0.3) is 0 Å². The van der Waals surface area contributed by atoms with Gasteiger partial charge in [-0.3, -0.25) is 9.59 Å². The van der Waals surface area contributed by atoms with Crippen LogP contribution in [0.2, 0.25) is 0 Å². The second-order valence-electron chi connectivity index (χ2n) is 14.2. The molecular weight excluding hydrogens is 560 g/mol. The third-order valence-corrected chi connectivity index (χ3v) is 9.02. The van der Waals surface area contributed by atoms with Crippen LogP contribution in [-0.4, -0.2) is 36.4 Å². The first-order valence-electron chi connectivity index (χ1n) is 19.9. The average Bonchev–Trinajstić information content (AvgIpc) is 3.02. The molecule has 268 valence electrons. The Morgan fingerprint density at radius 1 is 0.444 bits per heavy atom. The minimum atomic E-state index is -0.955. The van der Waals surface area contributed by atoms with Crippen LogP contribution in [0.15, 0.2) is 0 Å². The summed E-state index contributed by atoms with van der Waals surface area (Å²) in [5.41, 5.74) is 0. The molecule has 0 saturated heterocycles. The molecule has 0 aliphatic heterocycles. The molecule has 0 unspecified atom stereocenters. The molecule has 0 radical (unpaired) electrons. The lowest BCUT2D eigenvalue weighted by Gasteiger charge is -2.12. The van der Waals surface area contributed by atoms with Gasteiger partial charge in [-0.25, -0.2) is 0 Å². The number of aliphatic hydroxyl groups excluding tert-OH is 1. The van der Waals surface area contributed by atoms with Crippen LogP contribution in [-0.2, 0) is 19.1 Å². The number of aliphatic hydroxyl groups is 1. The number of ether oxygens (including phenoxy) is 2. The molecule has 0 aromatic rings. The number of hydrogen-bond donors (Lipinski definition) is 1. The SMILES string of the molecule is CCCCCCCCCCCCCCCCCCCC(=O)OC[C@H](O)COC(=O)CCCCCCCCCCCCCC(C)C. The molecule has 0 aliphatic carbocycles. The van der Waals surface area contributed by atoms with Gasteiger partial charge in [0, 0.05) is 12.8 Å². The summed E-state index contributed by atoms with van der Waals surface area (Å²) >= 11 is 0. The van der Waals surface area contributed by atoms with Crippen molar-refractivity contribution in [3.05, 3.63) is 0 Å². The van der Waals surface area contributed by atoms with E-state index < -0.39 is 6.10 Å². The first-order chi connectivity index (χ1) is 22.0. The summed E-state index contributed by atoms with van der Waals surface area (Å²) in [5.74, 6) is 0.285. The van der Waals surface area contributed by atoms with Crippen molar-refractivity contribution in [2.24, 2.45) is 5.92 Å². The van der Waals surface area contributed by atoms with Gasteiger partial charge in [-0.1, -0.05) is 194 Å². The van der Waals surface area contributed by atoms with Crippen molar-refractivity contribution in [1.29, 1.82) is 0 Å². The Bertz CT molecular complexity index is 620. The van der Waals surface area contributed by atoms with Crippen molar-refractivity contribution in [2.75, 3.05) is 13.2 Å². The Balaban J connectivity index is 3.37. The molecule has 5 heteroatoms. The number of carbonyl (C=O) groups is 2. The standard InChI is InChI=1S/C40H78O5/c1-4-5-6-7-8-9-10-11-12-13-14-15-18-21-24-27-30-33-39(42)44-35-38(41)36-45-40(43)34-31-28-25-22-19-16-17-20-23-26-29-32-37(2)3/h37-38,41H,4-36H2,1-3H3/t38-/m0/s1. The van der Waals surface area contributed by atoms with E-state index in [-0.39, 0.29) is 25.2 Å². The Hall–Kier alpha value is -1.10. The maximum atomic E-state index is 12.0. The second kappa shape index (κ2) is 35.7. The summed E-state index contributed by atoms with van der Waals surface area (Å²) in [7, 11) is 0. The fourth-order valence-corrected chi connectivity index (χ4v) is 5.98. The molecule has 0 rings (SSSR count). The smallest absolute Gasteiger partial charge is 0.305 e. The van der Waals surface area contributed by atoms with Gasteiger partial charge in [0.15, 0.2) is 0 Å². The van der Waals surface area contributed by atoms with Gasteiger partial charge in [-0.2, -0.15) is 0 Å². The number of esters is 2. The average molecular weight is 639 g/mol. The lowest BCUT2D eigenvalue weighted by molar-refractivity contribution is -0.152. The van der Waals surface area contributed by atoms with Crippen molar-refractivity contribution in [3.63, 3.8) is 0 Å². The number of hydrogen-bond acceptors (Lipinski definition) is 5. The van der Waals surface area contributed by atoms with Gasteiger partial charge in [0.2, 0.25) is 0 Å². The summed E-state index contributed by atoms with van der Waals surface area (Å²) in [6.07, 6.45) is 37.3. The molecule has 0 bridgehead atoms. The highest BCUT2D eigenvalue weighted by Gasteiger charge is 2.12. The number of rotatable bonds is 36. The zero-order chi connectivity index (χ0) is 33.1. The van der Waals surface area contributed by atoms with Crippen molar-refractivity contribution in [3.8, 4) is 0 Å². The van der Waals surface area contributed by atoms with E-state index >= 15 is 0 Å². The van der Waals surface area contributed by atoms with Crippen LogP contribution in [0.4, 0.5) is 0 Å². The van der Waals surface area contributed by atoms with Crippen molar-refractivity contribution >= 4 is 11.9 Å². The Morgan fingerprint density at radius 2 is 0.711 bits per heavy atom. The summed E-state index contributed by atoms with van der Waals surface area (Å²) in [5, 5.41) is 10.0. The highest BCUT2D eigenvalue weighted by molar-refractivity contribution is 5.69. The Kier molecular flexibility index (Phi) is 34.9. The molecule has 0 spiro atoms. The minimum Gasteiger partial charge on any atom is -0.463 e. The first-order valence-corrected chi connectivity index (χ1v) is 19.9. The van der Waals surface area contributed by atoms with Crippen LogP contribution in [0.1, 0.15) is 220 Å². The van der Waals surface area contributed by atoms with E-state index in [2.05, 4.69) is 20.8 Å². The van der Waals surface area contributed by atoms with E-state index in [0.717, 1.165) is 31.6 Å². The van der Waals surface area contributed by atoms with Crippen molar-refractivity contribution < 1.29 is 24.2 Å². The van der Waals surface area contributed by atoms with Crippen LogP contribution >= 0.6 is 0 Å². The molecule has 0 aromatic carbocycles. The second-order valence-corrected chi connectivity index (χ2v) is 14.2. The Morgan fingerprint density at radius 3 is 1.00 bits per heavy atom. The maximum Gasteiger partial charge on any atom is 0.305 e. The van der Waals surface area contributed by atoms with E-state index in [9.17, 15) is 14.7 Å². The minimum absolute atomic E-state index is 0.108. The quantitative estimate of drug-likeness (QED) is 0.0546. The van der Waals surface area contributed by atoms with E-state index in [1.165, 1.54) is 161 Å². The van der Waals surface area contributed by atoms with Crippen molar-refractivity contribution in [2.45, 2.75) is 226 Å². The highest BCUT2D eigenvalue weighted by Crippen LogP contribution is 2.16. The molecule has 1 atom stereocenters. The van der Waals surface area contributed by atoms with Gasteiger partial charge in [0.05, 0.1) is 0 Å². The topological polar surface area (TPSA) is 72.8 Å². The normalized spacial score (nSPS) is 12.1. The van der Waals surface area contributed by atoms with Gasteiger partial charge in [-0.05, 0) is 18.8 Å². The third-order valence-electron chi connectivity index (χ3n) is 9.02. The van der Waals surface area contributed by atoms with E-state index in [0.29, 0.717) is 12.8 Å². The van der Waals surface area contributed by atoms with Gasteiger partial charge < -0.3 is 14.6 Å². The molecule has 0 amide bonds. The van der Waals surface area contributed by atoms with Crippen LogP contribution in [0, 0.1) is 5.92 Å². The Labute approximate surface area is 280 Å². The number of carbonyl (C=O) groups excluding carboxylic acids is 2. The molecule has 0 fully saturated rings. The molecule has 0 aliphatic rings.